The van der Waals surface area contributed by atoms with Crippen LogP contribution < -0.4 is 11.1 Å². The molecule has 19 heavy (non-hydrogen) atoms. The van der Waals surface area contributed by atoms with Gasteiger partial charge in [0.05, 0.1) is 0 Å². The maximum Gasteiger partial charge on any atom is 0.0400 e. The van der Waals surface area contributed by atoms with Crippen molar-refractivity contribution in [3.05, 3.63) is 65.7 Å². The number of hydrogen-bond acceptors (Lipinski definition) is 2. The van der Waals surface area contributed by atoms with Crippen LogP contribution >= 0.6 is 12.4 Å². The highest BCUT2D eigenvalue weighted by atomic mass is 35.5. The lowest BCUT2D eigenvalue weighted by Gasteiger charge is -2.11. The molecule has 102 valence electrons. The number of benzene rings is 2. The summed E-state index contributed by atoms with van der Waals surface area (Å²) in [5.41, 5.74) is 9.60. The van der Waals surface area contributed by atoms with Gasteiger partial charge in [0.2, 0.25) is 0 Å². The zero-order chi connectivity index (χ0) is 12.8. The smallest absolute Gasteiger partial charge is 0.0400 e. The van der Waals surface area contributed by atoms with Crippen molar-refractivity contribution in [1.29, 1.82) is 0 Å². The van der Waals surface area contributed by atoms with Crippen molar-refractivity contribution in [1.82, 2.24) is 0 Å². The van der Waals surface area contributed by atoms with Gasteiger partial charge in [0, 0.05) is 18.3 Å². The van der Waals surface area contributed by atoms with Crippen LogP contribution in [0.2, 0.25) is 0 Å². The summed E-state index contributed by atoms with van der Waals surface area (Å²) >= 11 is 0. The first-order chi connectivity index (χ1) is 8.79. The van der Waals surface area contributed by atoms with Crippen LogP contribution in [0.25, 0.3) is 0 Å². The molecule has 2 aromatic carbocycles. The molecule has 0 spiro atoms. The molecule has 0 aromatic heterocycles. The molecule has 2 aromatic rings. The van der Waals surface area contributed by atoms with Gasteiger partial charge in [-0.2, -0.15) is 0 Å². The van der Waals surface area contributed by atoms with E-state index < -0.39 is 0 Å². The van der Waals surface area contributed by atoms with E-state index in [0.717, 1.165) is 18.7 Å². The van der Waals surface area contributed by atoms with Crippen molar-refractivity contribution in [2.24, 2.45) is 5.73 Å². The monoisotopic (exact) mass is 276 g/mol. The van der Waals surface area contributed by atoms with Crippen molar-refractivity contribution in [2.45, 2.75) is 25.9 Å². The number of hydrogen-bond donors (Lipinski definition) is 2. The van der Waals surface area contributed by atoms with Gasteiger partial charge in [0.1, 0.15) is 0 Å². The van der Waals surface area contributed by atoms with Crippen LogP contribution in [0.5, 0.6) is 0 Å². The summed E-state index contributed by atoms with van der Waals surface area (Å²) in [4.78, 5) is 0. The molecule has 0 saturated carbocycles. The largest absolute Gasteiger partial charge is 0.381 e. The molecule has 3 heteroatoms. The highest BCUT2D eigenvalue weighted by Crippen LogP contribution is 2.17. The molecule has 0 heterocycles. The zero-order valence-corrected chi connectivity index (χ0v) is 12.0. The van der Waals surface area contributed by atoms with Gasteiger partial charge < -0.3 is 11.1 Å². The Kier molecular flexibility index (Phi) is 6.40. The molecular weight excluding hydrogens is 256 g/mol. The molecule has 0 aliphatic carbocycles. The molecule has 0 amide bonds. The summed E-state index contributed by atoms with van der Waals surface area (Å²) in [6.07, 6.45) is 0.969. The molecular formula is C16H21ClN2. The van der Waals surface area contributed by atoms with E-state index in [-0.39, 0.29) is 18.4 Å². The van der Waals surface area contributed by atoms with Crippen LogP contribution in [-0.4, -0.2) is 0 Å². The molecule has 3 N–H and O–H groups in total. The SMILES string of the molecule is CC[C@@H](N)c1ccc(NCc2ccccc2)cc1.Cl. The zero-order valence-electron chi connectivity index (χ0n) is 11.2. The van der Waals surface area contributed by atoms with Crippen molar-refractivity contribution in [3.63, 3.8) is 0 Å². The normalized spacial score (nSPS) is 11.5. The lowest BCUT2D eigenvalue weighted by atomic mass is 10.1. The minimum Gasteiger partial charge on any atom is -0.381 e. The van der Waals surface area contributed by atoms with Crippen molar-refractivity contribution >= 4 is 18.1 Å². The standard InChI is InChI=1S/C16H20N2.ClH/c1-2-16(17)14-8-10-15(11-9-14)18-12-13-6-4-3-5-7-13;/h3-11,16,18H,2,12,17H2,1H3;1H/t16-;/m1./s1. The van der Waals surface area contributed by atoms with Gasteiger partial charge in [-0.15, -0.1) is 12.4 Å². The summed E-state index contributed by atoms with van der Waals surface area (Å²) in [7, 11) is 0. The Morgan fingerprint density at radius 1 is 1.00 bits per heavy atom. The number of nitrogens with one attached hydrogen (secondary N) is 1. The lowest BCUT2D eigenvalue weighted by molar-refractivity contribution is 0.699. The Balaban J connectivity index is 0.00000180. The Labute approximate surface area is 121 Å². The molecule has 0 radical (unpaired) electrons. The van der Waals surface area contributed by atoms with Gasteiger partial charge in [-0.1, -0.05) is 49.4 Å². The first-order valence-electron chi connectivity index (χ1n) is 6.43. The highest BCUT2D eigenvalue weighted by molar-refractivity contribution is 5.85. The van der Waals surface area contributed by atoms with E-state index in [0.29, 0.717) is 0 Å². The van der Waals surface area contributed by atoms with E-state index in [9.17, 15) is 0 Å². The second-order valence-electron chi connectivity index (χ2n) is 4.48. The Morgan fingerprint density at radius 2 is 1.63 bits per heavy atom. The maximum absolute atomic E-state index is 5.99. The molecule has 0 aliphatic heterocycles. The van der Waals surface area contributed by atoms with E-state index >= 15 is 0 Å². The van der Waals surface area contributed by atoms with E-state index in [2.05, 4.69) is 60.8 Å². The first-order valence-corrected chi connectivity index (χ1v) is 6.43. The van der Waals surface area contributed by atoms with Crippen LogP contribution in [0.15, 0.2) is 54.6 Å². The molecule has 2 rings (SSSR count). The average molecular weight is 277 g/mol. The second-order valence-corrected chi connectivity index (χ2v) is 4.48. The maximum atomic E-state index is 5.99. The molecule has 0 bridgehead atoms. The van der Waals surface area contributed by atoms with Gasteiger partial charge in [-0.25, -0.2) is 0 Å². The third-order valence-corrected chi connectivity index (χ3v) is 3.12. The Hall–Kier alpha value is -1.51. The fourth-order valence-corrected chi connectivity index (χ4v) is 1.88. The predicted molar refractivity (Wildman–Crippen MR) is 84.7 cm³/mol. The summed E-state index contributed by atoms with van der Waals surface area (Å²) in [5.74, 6) is 0. The summed E-state index contributed by atoms with van der Waals surface area (Å²) in [6, 6.07) is 18.9. The topological polar surface area (TPSA) is 38.0 Å². The van der Waals surface area contributed by atoms with E-state index in [1.54, 1.807) is 0 Å². The number of halogens is 1. The van der Waals surface area contributed by atoms with E-state index in [4.69, 9.17) is 5.73 Å². The van der Waals surface area contributed by atoms with Crippen LogP contribution in [0.4, 0.5) is 5.69 Å². The molecule has 0 fully saturated rings. The van der Waals surface area contributed by atoms with Crippen molar-refractivity contribution in [3.8, 4) is 0 Å². The minimum atomic E-state index is 0. The Morgan fingerprint density at radius 3 is 2.21 bits per heavy atom. The quantitative estimate of drug-likeness (QED) is 0.862. The average Bonchev–Trinajstić information content (AvgIpc) is 2.46. The third kappa shape index (κ3) is 4.58. The fraction of sp³-hybridized carbons (Fsp3) is 0.250. The van der Waals surface area contributed by atoms with E-state index in [1.807, 2.05) is 6.07 Å². The van der Waals surface area contributed by atoms with Crippen molar-refractivity contribution in [2.75, 3.05) is 5.32 Å². The molecule has 0 aliphatic rings. The Bertz CT molecular complexity index is 468. The fourth-order valence-electron chi connectivity index (χ4n) is 1.88. The predicted octanol–water partition coefficient (Wildman–Crippen LogP) is 4.13. The molecule has 1 atom stereocenters. The first kappa shape index (κ1) is 15.5. The minimum absolute atomic E-state index is 0. The molecule has 2 nitrogen and oxygen atoms in total. The number of nitrogens with two attached hydrogens (primary N) is 1. The van der Waals surface area contributed by atoms with Gasteiger partial charge in [0.25, 0.3) is 0 Å². The number of anilines is 1. The van der Waals surface area contributed by atoms with Gasteiger partial charge in [-0.3, -0.25) is 0 Å². The van der Waals surface area contributed by atoms with Crippen LogP contribution in [0.1, 0.15) is 30.5 Å². The summed E-state index contributed by atoms with van der Waals surface area (Å²) in [6.45, 7) is 2.95. The van der Waals surface area contributed by atoms with E-state index in [1.165, 1.54) is 11.1 Å². The van der Waals surface area contributed by atoms with Gasteiger partial charge >= 0.3 is 0 Å². The van der Waals surface area contributed by atoms with Crippen molar-refractivity contribution < 1.29 is 0 Å². The summed E-state index contributed by atoms with van der Waals surface area (Å²) < 4.78 is 0. The third-order valence-electron chi connectivity index (χ3n) is 3.12. The molecule has 0 saturated heterocycles. The highest BCUT2D eigenvalue weighted by Gasteiger charge is 2.02. The van der Waals surface area contributed by atoms with Gasteiger partial charge in [-0.05, 0) is 29.7 Å². The van der Waals surface area contributed by atoms with Crippen LogP contribution in [0.3, 0.4) is 0 Å². The number of rotatable bonds is 5. The van der Waals surface area contributed by atoms with Crippen LogP contribution in [0, 0.1) is 0 Å². The van der Waals surface area contributed by atoms with Gasteiger partial charge in [0.15, 0.2) is 0 Å². The molecule has 0 unspecified atom stereocenters. The second kappa shape index (κ2) is 7.82. The summed E-state index contributed by atoms with van der Waals surface area (Å²) in [5, 5.41) is 3.40. The lowest BCUT2D eigenvalue weighted by Crippen LogP contribution is -2.08. The van der Waals surface area contributed by atoms with Crippen LogP contribution in [-0.2, 0) is 6.54 Å².